The lowest BCUT2D eigenvalue weighted by molar-refractivity contribution is 0.315. The molecule has 4 aromatic rings. The molecule has 26 heavy (non-hydrogen) atoms. The van der Waals surface area contributed by atoms with E-state index in [4.69, 9.17) is 0 Å². The van der Waals surface area contributed by atoms with Crippen LogP contribution in [0.15, 0.2) is 59.8 Å². The van der Waals surface area contributed by atoms with E-state index in [1.807, 2.05) is 37.1 Å². The average molecular weight is 365 g/mol. The van der Waals surface area contributed by atoms with Gasteiger partial charge in [0.1, 0.15) is 0 Å². The second kappa shape index (κ2) is 6.86. The number of hydrogen-bond donors (Lipinski definition) is 0. The normalized spacial score (nSPS) is 11.5. The third kappa shape index (κ3) is 3.44. The number of thiazole rings is 1. The van der Waals surface area contributed by atoms with Crippen LogP contribution in [-0.4, -0.2) is 31.1 Å². The van der Waals surface area contributed by atoms with Gasteiger partial charge in [-0.05, 0) is 37.7 Å². The minimum atomic E-state index is -0.0219. The van der Waals surface area contributed by atoms with Crippen LogP contribution in [0.4, 0.5) is 0 Å². The van der Waals surface area contributed by atoms with Crippen LogP contribution < -0.4 is 5.56 Å². The molecule has 0 N–H and O–H groups in total. The molecule has 3 aromatic heterocycles. The minimum absolute atomic E-state index is 0.0219. The van der Waals surface area contributed by atoms with E-state index in [9.17, 15) is 4.79 Å². The number of nitrogens with zero attached hydrogens (tertiary/aromatic N) is 5. The van der Waals surface area contributed by atoms with Crippen LogP contribution in [0.3, 0.4) is 0 Å². The molecule has 0 aliphatic heterocycles. The molecule has 0 bridgehead atoms. The van der Waals surface area contributed by atoms with Gasteiger partial charge in [0.25, 0.3) is 5.56 Å². The number of aryl methyl sites for hydroxylation is 1. The van der Waals surface area contributed by atoms with Crippen molar-refractivity contribution >= 4 is 16.3 Å². The standard InChI is InChI=1S/C19H19N5OS/c1-14-11-23-18(25)10-16(21-19(23)26-14)13-22(2)12-15-4-6-17(7-5-15)24-9-3-8-20-24/h3-11H,12-13H2,1-2H3. The molecule has 0 unspecified atom stereocenters. The Balaban J connectivity index is 1.47. The molecule has 0 amide bonds. The van der Waals surface area contributed by atoms with Gasteiger partial charge >= 0.3 is 0 Å². The van der Waals surface area contributed by atoms with Crippen LogP contribution in [0.2, 0.25) is 0 Å². The predicted octanol–water partition coefficient (Wildman–Crippen LogP) is 2.88. The molecular weight excluding hydrogens is 346 g/mol. The van der Waals surface area contributed by atoms with Gasteiger partial charge in [0.05, 0.1) is 11.4 Å². The second-order valence-corrected chi connectivity index (χ2v) is 7.58. The summed E-state index contributed by atoms with van der Waals surface area (Å²) in [5, 5.41) is 4.24. The number of rotatable bonds is 5. The van der Waals surface area contributed by atoms with Crippen molar-refractivity contribution in [2.24, 2.45) is 0 Å². The van der Waals surface area contributed by atoms with Gasteiger partial charge in [-0.2, -0.15) is 5.10 Å². The molecule has 0 spiro atoms. The fourth-order valence-corrected chi connectivity index (χ4v) is 3.81. The maximum atomic E-state index is 12.2. The van der Waals surface area contributed by atoms with E-state index in [0.29, 0.717) is 6.54 Å². The van der Waals surface area contributed by atoms with Gasteiger partial charge in [-0.15, -0.1) is 11.3 Å². The number of fused-ring (bicyclic) bond motifs is 1. The van der Waals surface area contributed by atoms with E-state index in [1.54, 1.807) is 16.7 Å². The Morgan fingerprint density at radius 2 is 2.00 bits per heavy atom. The summed E-state index contributed by atoms with van der Waals surface area (Å²) < 4.78 is 3.45. The van der Waals surface area contributed by atoms with E-state index in [2.05, 4.69) is 39.2 Å². The molecule has 0 saturated carbocycles. The zero-order valence-corrected chi connectivity index (χ0v) is 15.5. The quantitative estimate of drug-likeness (QED) is 0.546. The highest BCUT2D eigenvalue weighted by Gasteiger charge is 2.08. The molecular formula is C19H19N5OS. The zero-order valence-electron chi connectivity index (χ0n) is 14.7. The van der Waals surface area contributed by atoms with Gasteiger partial charge in [0.15, 0.2) is 4.96 Å². The second-order valence-electron chi connectivity index (χ2n) is 6.37. The van der Waals surface area contributed by atoms with Gasteiger partial charge in [-0.1, -0.05) is 12.1 Å². The largest absolute Gasteiger partial charge is 0.296 e. The first-order chi connectivity index (χ1) is 12.6. The molecule has 6 nitrogen and oxygen atoms in total. The molecule has 0 radical (unpaired) electrons. The molecule has 0 aliphatic carbocycles. The smallest absolute Gasteiger partial charge is 0.258 e. The minimum Gasteiger partial charge on any atom is -0.296 e. The van der Waals surface area contributed by atoms with Gasteiger partial charge in [0, 0.05) is 42.6 Å². The molecule has 132 valence electrons. The molecule has 0 fully saturated rings. The van der Waals surface area contributed by atoms with Gasteiger partial charge < -0.3 is 0 Å². The third-order valence-electron chi connectivity index (χ3n) is 4.13. The maximum Gasteiger partial charge on any atom is 0.258 e. The van der Waals surface area contributed by atoms with E-state index < -0.39 is 0 Å². The van der Waals surface area contributed by atoms with E-state index in [-0.39, 0.29) is 5.56 Å². The van der Waals surface area contributed by atoms with Crippen molar-refractivity contribution in [2.75, 3.05) is 7.05 Å². The van der Waals surface area contributed by atoms with Crippen molar-refractivity contribution in [1.29, 1.82) is 0 Å². The van der Waals surface area contributed by atoms with Crippen molar-refractivity contribution in [3.8, 4) is 5.69 Å². The van der Waals surface area contributed by atoms with Crippen LogP contribution >= 0.6 is 11.3 Å². The van der Waals surface area contributed by atoms with Crippen molar-refractivity contribution in [1.82, 2.24) is 24.1 Å². The topological polar surface area (TPSA) is 55.4 Å². The third-order valence-corrected chi connectivity index (χ3v) is 5.02. The van der Waals surface area contributed by atoms with Crippen LogP contribution in [0, 0.1) is 6.92 Å². The summed E-state index contributed by atoms with van der Waals surface area (Å²) in [5.41, 5.74) is 3.02. The van der Waals surface area contributed by atoms with Crippen LogP contribution in [0.1, 0.15) is 16.1 Å². The summed E-state index contributed by atoms with van der Waals surface area (Å²) in [5.74, 6) is 0. The Hall–Kier alpha value is -2.77. The van der Waals surface area contributed by atoms with Gasteiger partial charge in [-0.25, -0.2) is 9.67 Å². The maximum absolute atomic E-state index is 12.2. The van der Waals surface area contributed by atoms with Crippen molar-refractivity contribution in [3.05, 3.63) is 81.5 Å². The summed E-state index contributed by atoms with van der Waals surface area (Å²) in [6, 6.07) is 11.8. The highest BCUT2D eigenvalue weighted by Crippen LogP contribution is 2.15. The highest BCUT2D eigenvalue weighted by atomic mass is 32.1. The molecule has 0 atom stereocenters. The lowest BCUT2D eigenvalue weighted by atomic mass is 10.2. The van der Waals surface area contributed by atoms with Crippen LogP contribution in [-0.2, 0) is 13.1 Å². The van der Waals surface area contributed by atoms with Gasteiger partial charge in [0.2, 0.25) is 0 Å². The summed E-state index contributed by atoms with van der Waals surface area (Å²) in [6.07, 6.45) is 5.53. The Morgan fingerprint density at radius 1 is 1.19 bits per heavy atom. The van der Waals surface area contributed by atoms with E-state index >= 15 is 0 Å². The fraction of sp³-hybridized carbons (Fsp3) is 0.211. The first-order valence-electron chi connectivity index (χ1n) is 8.35. The molecule has 1 aromatic carbocycles. The Morgan fingerprint density at radius 3 is 2.73 bits per heavy atom. The SMILES string of the molecule is Cc1cn2c(=O)cc(CN(C)Cc3ccc(-n4cccn4)cc3)nc2s1. The number of hydrogen-bond acceptors (Lipinski definition) is 5. The molecule has 3 heterocycles. The Kier molecular flexibility index (Phi) is 4.40. The van der Waals surface area contributed by atoms with Crippen LogP contribution in [0.5, 0.6) is 0 Å². The summed E-state index contributed by atoms with van der Waals surface area (Å²) >= 11 is 1.54. The monoisotopic (exact) mass is 365 g/mol. The molecule has 0 saturated heterocycles. The van der Waals surface area contributed by atoms with Gasteiger partial charge in [-0.3, -0.25) is 14.1 Å². The molecule has 0 aliphatic rings. The Labute approximate surface area is 155 Å². The predicted molar refractivity (Wildman–Crippen MR) is 103 cm³/mol. The first kappa shape index (κ1) is 16.7. The van der Waals surface area contributed by atoms with Crippen molar-refractivity contribution < 1.29 is 0 Å². The number of aromatic nitrogens is 4. The highest BCUT2D eigenvalue weighted by molar-refractivity contribution is 7.16. The van der Waals surface area contributed by atoms with E-state index in [0.717, 1.165) is 27.8 Å². The first-order valence-corrected chi connectivity index (χ1v) is 9.16. The fourth-order valence-electron chi connectivity index (χ4n) is 2.96. The summed E-state index contributed by atoms with van der Waals surface area (Å²) in [4.78, 5) is 20.8. The van der Waals surface area contributed by atoms with Crippen LogP contribution in [0.25, 0.3) is 10.6 Å². The molecule has 7 heteroatoms. The zero-order chi connectivity index (χ0) is 18.1. The lowest BCUT2D eigenvalue weighted by Crippen LogP contribution is -2.21. The summed E-state index contributed by atoms with van der Waals surface area (Å²) in [6.45, 7) is 3.39. The molecule has 4 rings (SSSR count). The van der Waals surface area contributed by atoms with Crippen molar-refractivity contribution in [3.63, 3.8) is 0 Å². The van der Waals surface area contributed by atoms with Crippen molar-refractivity contribution in [2.45, 2.75) is 20.0 Å². The Bertz CT molecular complexity index is 1080. The lowest BCUT2D eigenvalue weighted by Gasteiger charge is -2.16. The van der Waals surface area contributed by atoms with E-state index in [1.165, 1.54) is 16.9 Å². The summed E-state index contributed by atoms with van der Waals surface area (Å²) in [7, 11) is 2.03. The average Bonchev–Trinajstić information content (AvgIpc) is 3.25. The number of benzene rings is 1.